The van der Waals surface area contributed by atoms with Crippen molar-refractivity contribution in [2.24, 2.45) is 11.1 Å². The molecule has 0 aliphatic carbocycles. The van der Waals surface area contributed by atoms with Gasteiger partial charge < -0.3 is 15.4 Å². The van der Waals surface area contributed by atoms with Crippen LogP contribution in [0.25, 0.3) is 10.9 Å². The van der Waals surface area contributed by atoms with Gasteiger partial charge in [0.15, 0.2) is 0 Å². The Morgan fingerprint density at radius 1 is 1.22 bits per heavy atom. The number of hydrogen-bond donors (Lipinski definition) is 1. The number of nitrogens with two attached hydrogens (primary N) is 1. The van der Waals surface area contributed by atoms with E-state index in [0.717, 1.165) is 44.6 Å². The van der Waals surface area contributed by atoms with Crippen molar-refractivity contribution in [3.8, 4) is 0 Å². The number of piperidine rings is 1. The highest BCUT2D eigenvalue weighted by Crippen LogP contribution is 2.39. The molecule has 4 heterocycles. The SMILES string of the molecule is CS(=O)(=O)CCn1cnc2ccc(Sc3cnc(N4CCC5(CC4)COC[C@H]5N)cn3)c(Cl)c2c1=O. The van der Waals surface area contributed by atoms with Crippen LogP contribution in [0, 0.1) is 5.41 Å². The molecular formula is C23H27ClN6O4S2. The van der Waals surface area contributed by atoms with Crippen LogP contribution in [-0.4, -0.2) is 72.3 Å². The number of benzene rings is 1. The molecule has 2 fully saturated rings. The molecule has 36 heavy (non-hydrogen) atoms. The van der Waals surface area contributed by atoms with Gasteiger partial charge in [-0.15, -0.1) is 0 Å². The molecule has 3 aromatic rings. The van der Waals surface area contributed by atoms with Crippen molar-refractivity contribution in [2.45, 2.75) is 35.3 Å². The van der Waals surface area contributed by atoms with Crippen molar-refractivity contribution in [2.75, 3.05) is 43.2 Å². The predicted octanol–water partition coefficient (Wildman–Crippen LogP) is 1.98. The first-order chi connectivity index (χ1) is 17.2. The molecule has 1 spiro atoms. The maximum absolute atomic E-state index is 13.0. The fourth-order valence-corrected chi connectivity index (χ4v) is 6.34. The van der Waals surface area contributed by atoms with E-state index in [-0.39, 0.29) is 39.7 Å². The summed E-state index contributed by atoms with van der Waals surface area (Å²) in [6.07, 6.45) is 7.86. The first-order valence-electron chi connectivity index (χ1n) is 11.6. The van der Waals surface area contributed by atoms with E-state index in [4.69, 9.17) is 22.1 Å². The van der Waals surface area contributed by atoms with Crippen molar-refractivity contribution in [1.82, 2.24) is 19.5 Å². The fraction of sp³-hybridized carbons (Fsp3) is 0.478. The molecule has 2 N–H and O–H groups in total. The Hall–Kier alpha value is -2.25. The van der Waals surface area contributed by atoms with Crippen LogP contribution in [0.4, 0.5) is 5.82 Å². The highest BCUT2D eigenvalue weighted by atomic mass is 35.5. The summed E-state index contributed by atoms with van der Waals surface area (Å²) in [7, 11) is -3.23. The second-order valence-electron chi connectivity index (χ2n) is 9.43. The third-order valence-electron chi connectivity index (χ3n) is 6.98. The molecule has 0 amide bonds. The predicted molar refractivity (Wildman–Crippen MR) is 140 cm³/mol. The second kappa shape index (κ2) is 9.90. The van der Waals surface area contributed by atoms with Crippen molar-refractivity contribution in [3.05, 3.63) is 46.2 Å². The van der Waals surface area contributed by atoms with Gasteiger partial charge in [0, 0.05) is 42.2 Å². The third-order valence-corrected chi connectivity index (χ3v) is 9.39. The largest absolute Gasteiger partial charge is 0.379 e. The van der Waals surface area contributed by atoms with Crippen molar-refractivity contribution >= 4 is 49.9 Å². The first kappa shape index (κ1) is 25.4. The third kappa shape index (κ3) is 5.10. The number of ether oxygens (including phenoxy) is 1. The van der Waals surface area contributed by atoms with Gasteiger partial charge in [-0.2, -0.15) is 0 Å². The normalized spacial score (nSPS) is 19.9. The standard InChI is InChI=1S/C23H27ClN6O4S2/c1-36(32,33)9-8-30-14-28-15-2-3-16(21(24)20(15)22(30)31)35-19-11-26-18(10-27-19)29-6-4-23(5-7-29)13-34-12-17(23)25/h2-3,10-11,14,17H,4-9,12-13,25H2,1H3/t17-/m1/s1. The molecule has 0 radical (unpaired) electrons. The maximum atomic E-state index is 13.0. The number of aromatic nitrogens is 4. The summed E-state index contributed by atoms with van der Waals surface area (Å²) in [6.45, 7) is 3.08. The van der Waals surface area contributed by atoms with Gasteiger partial charge in [-0.25, -0.2) is 23.4 Å². The van der Waals surface area contributed by atoms with Crippen molar-refractivity contribution in [1.29, 1.82) is 0 Å². The van der Waals surface area contributed by atoms with Gasteiger partial charge >= 0.3 is 0 Å². The summed E-state index contributed by atoms with van der Waals surface area (Å²) in [6, 6.07) is 3.60. The zero-order valence-electron chi connectivity index (χ0n) is 19.8. The van der Waals surface area contributed by atoms with Crippen LogP contribution in [0.1, 0.15) is 12.8 Å². The van der Waals surface area contributed by atoms with Gasteiger partial charge in [0.2, 0.25) is 0 Å². The Labute approximate surface area is 218 Å². The molecule has 2 saturated heterocycles. The molecule has 2 aliphatic heterocycles. The average molecular weight is 551 g/mol. The van der Waals surface area contributed by atoms with E-state index in [0.29, 0.717) is 22.0 Å². The van der Waals surface area contributed by atoms with Crippen LogP contribution < -0.4 is 16.2 Å². The number of halogens is 1. The topological polar surface area (TPSA) is 133 Å². The van der Waals surface area contributed by atoms with Gasteiger partial charge in [0.25, 0.3) is 5.56 Å². The van der Waals surface area contributed by atoms with E-state index in [1.54, 1.807) is 24.5 Å². The van der Waals surface area contributed by atoms with E-state index in [1.807, 2.05) is 0 Å². The summed E-state index contributed by atoms with van der Waals surface area (Å²) in [5, 5.41) is 1.14. The molecule has 0 unspecified atom stereocenters. The monoisotopic (exact) mass is 550 g/mol. The lowest BCUT2D eigenvalue weighted by atomic mass is 9.75. The Morgan fingerprint density at radius 2 is 2.00 bits per heavy atom. The van der Waals surface area contributed by atoms with Crippen LogP contribution in [0.2, 0.25) is 5.02 Å². The van der Waals surface area contributed by atoms with Gasteiger partial charge in [0.05, 0.1) is 53.6 Å². The molecule has 0 bridgehead atoms. The zero-order valence-corrected chi connectivity index (χ0v) is 22.2. The molecule has 2 aromatic heterocycles. The van der Waals surface area contributed by atoms with E-state index in [9.17, 15) is 13.2 Å². The summed E-state index contributed by atoms with van der Waals surface area (Å²) in [4.78, 5) is 29.3. The van der Waals surface area contributed by atoms with Crippen LogP contribution >= 0.6 is 23.4 Å². The molecular weight excluding hydrogens is 524 g/mol. The van der Waals surface area contributed by atoms with Crippen LogP contribution in [0.5, 0.6) is 0 Å². The molecule has 1 aromatic carbocycles. The van der Waals surface area contributed by atoms with Crippen molar-refractivity contribution < 1.29 is 13.2 Å². The van der Waals surface area contributed by atoms with Gasteiger partial charge in [-0.1, -0.05) is 23.4 Å². The second-order valence-corrected chi connectivity index (χ2v) is 13.1. The summed E-state index contributed by atoms with van der Waals surface area (Å²) < 4.78 is 29.9. The van der Waals surface area contributed by atoms with Crippen molar-refractivity contribution in [3.63, 3.8) is 0 Å². The number of anilines is 1. The van der Waals surface area contributed by atoms with Crippen LogP contribution in [-0.2, 0) is 21.1 Å². The molecule has 13 heteroatoms. The number of nitrogens with zero attached hydrogens (tertiary/aromatic N) is 5. The van der Waals surface area contributed by atoms with Gasteiger partial charge in [-0.05, 0) is 25.0 Å². The average Bonchev–Trinajstić information content (AvgIpc) is 3.20. The molecule has 192 valence electrons. The molecule has 1 atom stereocenters. The van der Waals surface area contributed by atoms with Gasteiger partial charge in [0.1, 0.15) is 20.7 Å². The highest BCUT2D eigenvalue weighted by Gasteiger charge is 2.44. The minimum Gasteiger partial charge on any atom is -0.379 e. The minimum absolute atomic E-state index is 0.0117. The Kier molecular flexibility index (Phi) is 6.98. The quantitative estimate of drug-likeness (QED) is 0.485. The first-order valence-corrected chi connectivity index (χ1v) is 14.8. The summed E-state index contributed by atoms with van der Waals surface area (Å²) in [5.41, 5.74) is 6.42. The minimum atomic E-state index is -3.23. The van der Waals surface area contributed by atoms with E-state index in [1.165, 1.54) is 22.7 Å². The Bertz CT molecular complexity index is 1440. The molecule has 2 aliphatic rings. The smallest absolute Gasteiger partial charge is 0.262 e. The fourth-order valence-electron chi connectivity index (χ4n) is 4.70. The summed E-state index contributed by atoms with van der Waals surface area (Å²) in [5.74, 6) is 0.649. The van der Waals surface area contributed by atoms with Gasteiger partial charge in [-0.3, -0.25) is 9.36 Å². The summed E-state index contributed by atoms with van der Waals surface area (Å²) >= 11 is 7.92. The van der Waals surface area contributed by atoms with E-state index in [2.05, 4.69) is 19.9 Å². The van der Waals surface area contributed by atoms with Crippen LogP contribution in [0.15, 0.2) is 45.6 Å². The molecule has 10 nitrogen and oxygen atoms in total. The zero-order chi connectivity index (χ0) is 25.5. The number of sulfone groups is 1. The number of aryl methyl sites for hydroxylation is 1. The highest BCUT2D eigenvalue weighted by molar-refractivity contribution is 7.99. The maximum Gasteiger partial charge on any atom is 0.262 e. The van der Waals surface area contributed by atoms with E-state index < -0.39 is 9.84 Å². The molecule has 5 rings (SSSR count). The number of rotatable bonds is 6. The number of hydrogen-bond acceptors (Lipinski definition) is 10. The lowest BCUT2D eigenvalue weighted by molar-refractivity contribution is 0.131. The van der Waals surface area contributed by atoms with E-state index >= 15 is 0 Å². The lowest BCUT2D eigenvalue weighted by Crippen LogP contribution is -2.49. The van der Waals surface area contributed by atoms with Crippen LogP contribution in [0.3, 0.4) is 0 Å². The Balaban J connectivity index is 1.31. The number of fused-ring (bicyclic) bond motifs is 1. The lowest BCUT2D eigenvalue weighted by Gasteiger charge is -2.41. The Morgan fingerprint density at radius 3 is 2.64 bits per heavy atom. The molecule has 0 saturated carbocycles.